The summed E-state index contributed by atoms with van der Waals surface area (Å²) in [5.41, 5.74) is 3.34. The van der Waals surface area contributed by atoms with Crippen molar-refractivity contribution in [1.29, 1.82) is 0 Å². The van der Waals surface area contributed by atoms with Crippen molar-refractivity contribution in [2.24, 2.45) is 0 Å². The van der Waals surface area contributed by atoms with Crippen molar-refractivity contribution in [3.63, 3.8) is 0 Å². The minimum absolute atomic E-state index is 0.141. The fourth-order valence-corrected chi connectivity index (χ4v) is 4.13. The van der Waals surface area contributed by atoms with Crippen molar-refractivity contribution >= 4 is 35.0 Å². The number of anilines is 3. The number of rotatable bonds is 8. The second kappa shape index (κ2) is 10.2. The van der Waals surface area contributed by atoms with Crippen LogP contribution >= 0.6 is 0 Å². The van der Waals surface area contributed by atoms with E-state index in [9.17, 15) is 9.59 Å². The van der Waals surface area contributed by atoms with Crippen molar-refractivity contribution in [3.05, 3.63) is 96.1 Å². The molecule has 2 amide bonds. The number of carbonyl (C=O) groups is 2. The summed E-state index contributed by atoms with van der Waals surface area (Å²) < 4.78 is 0.947. The van der Waals surface area contributed by atoms with E-state index in [0.29, 0.717) is 11.4 Å². The lowest BCUT2D eigenvalue weighted by molar-refractivity contribution is -0.870. The van der Waals surface area contributed by atoms with Gasteiger partial charge in [0.2, 0.25) is 0 Å². The Labute approximate surface area is 207 Å². The van der Waals surface area contributed by atoms with E-state index in [0.717, 1.165) is 35.2 Å². The van der Waals surface area contributed by atoms with Crippen molar-refractivity contribution in [2.45, 2.75) is 6.42 Å². The third-order valence-corrected chi connectivity index (χ3v) is 6.01. The monoisotopic (exact) mass is 469 g/mol. The molecule has 0 N–H and O–H groups in total. The van der Waals surface area contributed by atoms with Crippen LogP contribution in [0.2, 0.25) is 0 Å². The highest BCUT2D eigenvalue weighted by Crippen LogP contribution is 2.32. The predicted octanol–water partition coefficient (Wildman–Crippen LogP) is 4.60. The van der Waals surface area contributed by atoms with Crippen LogP contribution in [0.15, 0.2) is 90.5 Å². The van der Waals surface area contributed by atoms with E-state index in [-0.39, 0.29) is 17.4 Å². The van der Waals surface area contributed by atoms with Crippen LogP contribution in [-0.4, -0.2) is 57.6 Å². The van der Waals surface area contributed by atoms with Gasteiger partial charge in [0, 0.05) is 25.7 Å². The molecule has 6 heteroatoms. The Balaban J connectivity index is 1.58. The van der Waals surface area contributed by atoms with Crippen LogP contribution in [-0.2, 0) is 9.59 Å². The first-order chi connectivity index (χ1) is 16.7. The van der Waals surface area contributed by atoms with Gasteiger partial charge in [-0.1, -0.05) is 48.5 Å². The Morgan fingerprint density at radius 1 is 0.743 bits per heavy atom. The normalized spacial score (nSPS) is 14.0. The molecule has 0 aromatic heterocycles. The number of para-hydroxylation sites is 2. The molecule has 0 aliphatic carbocycles. The number of hydrazine groups is 1. The topological polar surface area (TPSA) is 43.9 Å². The van der Waals surface area contributed by atoms with Gasteiger partial charge in [-0.25, -0.2) is 10.0 Å². The van der Waals surface area contributed by atoms with Gasteiger partial charge < -0.3 is 9.38 Å². The number of nitrogens with zero attached hydrogens (tertiary/aromatic N) is 4. The first-order valence-electron chi connectivity index (χ1n) is 11.9. The van der Waals surface area contributed by atoms with E-state index in [1.165, 1.54) is 10.0 Å². The Morgan fingerprint density at radius 3 is 1.69 bits per heavy atom. The van der Waals surface area contributed by atoms with Crippen LogP contribution in [0.1, 0.15) is 12.0 Å². The molecule has 0 bridgehead atoms. The summed E-state index contributed by atoms with van der Waals surface area (Å²) in [6, 6.07) is 26.5. The number of hydrogen-bond acceptors (Lipinski definition) is 3. The maximum atomic E-state index is 13.5. The first-order valence-corrected chi connectivity index (χ1v) is 11.9. The molecule has 3 aromatic carbocycles. The van der Waals surface area contributed by atoms with Gasteiger partial charge in [-0.3, -0.25) is 9.59 Å². The van der Waals surface area contributed by atoms with Crippen LogP contribution in [0, 0.1) is 0 Å². The van der Waals surface area contributed by atoms with Crippen LogP contribution in [0.5, 0.6) is 0 Å². The Hall–Kier alpha value is -3.90. The lowest BCUT2D eigenvalue weighted by Gasteiger charge is -2.27. The number of quaternary nitrogens is 1. The van der Waals surface area contributed by atoms with Gasteiger partial charge in [-0.05, 0) is 48.0 Å². The summed E-state index contributed by atoms with van der Waals surface area (Å²) >= 11 is 0. The molecule has 0 spiro atoms. The second-order valence-corrected chi connectivity index (χ2v) is 9.84. The maximum Gasteiger partial charge on any atom is 0.283 e. The highest BCUT2D eigenvalue weighted by Gasteiger charge is 2.42. The van der Waals surface area contributed by atoms with E-state index < -0.39 is 0 Å². The lowest BCUT2D eigenvalue weighted by Crippen LogP contribution is -2.41. The molecule has 0 radical (unpaired) electrons. The number of hydrogen-bond donors (Lipinski definition) is 0. The SMILES string of the molecule is CN(CCC[N+](C)(C)C)c1ccc(C=C2C(=O)N(c3ccccc3)N(c3ccccc3)C2=O)cc1. The highest BCUT2D eigenvalue weighted by atomic mass is 16.2. The molecular weight excluding hydrogens is 436 g/mol. The zero-order valence-electron chi connectivity index (χ0n) is 20.9. The number of carbonyl (C=O) groups excluding carboxylic acids is 2. The molecule has 1 saturated heterocycles. The van der Waals surface area contributed by atoms with E-state index >= 15 is 0 Å². The van der Waals surface area contributed by atoms with E-state index in [1.807, 2.05) is 84.9 Å². The molecule has 1 aliphatic heterocycles. The van der Waals surface area contributed by atoms with Gasteiger partial charge in [0.15, 0.2) is 0 Å². The molecule has 3 aromatic rings. The molecule has 1 aliphatic rings. The molecule has 35 heavy (non-hydrogen) atoms. The third kappa shape index (κ3) is 5.61. The van der Waals surface area contributed by atoms with Crippen LogP contribution < -0.4 is 14.9 Å². The lowest BCUT2D eigenvalue weighted by atomic mass is 10.1. The van der Waals surface area contributed by atoms with Crippen molar-refractivity contribution in [1.82, 2.24) is 0 Å². The van der Waals surface area contributed by atoms with Gasteiger partial charge in [-0.15, -0.1) is 0 Å². The minimum Gasteiger partial charge on any atom is -0.374 e. The van der Waals surface area contributed by atoms with E-state index in [4.69, 9.17) is 0 Å². The first kappa shape index (κ1) is 24.2. The average Bonchev–Trinajstić information content (AvgIpc) is 3.09. The zero-order chi connectivity index (χ0) is 25.0. The molecular formula is C29H33N4O2+. The highest BCUT2D eigenvalue weighted by molar-refractivity contribution is 6.38. The summed E-state index contributed by atoms with van der Waals surface area (Å²) in [6.07, 6.45) is 2.78. The predicted molar refractivity (Wildman–Crippen MR) is 143 cm³/mol. The molecule has 4 rings (SSSR count). The standard InChI is InChI=1S/C29H33N4O2/c1-30(20-11-21-33(2,3)4)24-18-16-23(17-19-24)22-27-28(34)31(25-12-7-5-8-13-25)32(29(27)35)26-14-9-6-10-15-26/h5-10,12-19,22H,11,20-21H2,1-4H3/q+1. The van der Waals surface area contributed by atoms with Crippen molar-refractivity contribution in [2.75, 3.05) is 56.2 Å². The summed E-state index contributed by atoms with van der Waals surface area (Å²) in [7, 11) is 8.69. The number of amides is 2. The Kier molecular flexibility index (Phi) is 7.03. The summed E-state index contributed by atoms with van der Waals surface area (Å²) in [4.78, 5) is 29.2. The Morgan fingerprint density at radius 2 is 1.23 bits per heavy atom. The quantitative estimate of drug-likeness (QED) is 0.275. The number of benzene rings is 3. The summed E-state index contributed by atoms with van der Waals surface area (Å²) in [5.74, 6) is -0.682. The molecule has 1 fully saturated rings. The van der Waals surface area contributed by atoms with E-state index in [1.54, 1.807) is 6.08 Å². The fraction of sp³-hybridized carbons (Fsp3) is 0.241. The summed E-state index contributed by atoms with van der Waals surface area (Å²) in [6.45, 7) is 2.07. The molecule has 1 heterocycles. The third-order valence-electron chi connectivity index (χ3n) is 6.01. The minimum atomic E-state index is -0.341. The van der Waals surface area contributed by atoms with Gasteiger partial charge in [0.25, 0.3) is 11.8 Å². The smallest absolute Gasteiger partial charge is 0.283 e. The molecule has 0 saturated carbocycles. The Bertz CT molecular complexity index is 1140. The van der Waals surface area contributed by atoms with Crippen LogP contribution in [0.25, 0.3) is 6.08 Å². The van der Waals surface area contributed by atoms with E-state index in [2.05, 4.69) is 33.1 Å². The molecule has 0 unspecified atom stereocenters. The fourth-order valence-electron chi connectivity index (χ4n) is 4.13. The van der Waals surface area contributed by atoms with Crippen LogP contribution in [0.4, 0.5) is 17.1 Å². The van der Waals surface area contributed by atoms with Gasteiger partial charge in [0.1, 0.15) is 5.57 Å². The van der Waals surface area contributed by atoms with Crippen molar-refractivity contribution < 1.29 is 14.1 Å². The second-order valence-electron chi connectivity index (χ2n) is 9.84. The van der Waals surface area contributed by atoms with Gasteiger partial charge >= 0.3 is 0 Å². The van der Waals surface area contributed by atoms with Crippen molar-refractivity contribution in [3.8, 4) is 0 Å². The van der Waals surface area contributed by atoms with Crippen LogP contribution in [0.3, 0.4) is 0 Å². The van der Waals surface area contributed by atoms with Gasteiger partial charge in [0.05, 0.1) is 39.1 Å². The maximum absolute atomic E-state index is 13.5. The van der Waals surface area contributed by atoms with Gasteiger partial charge in [-0.2, -0.15) is 0 Å². The zero-order valence-corrected chi connectivity index (χ0v) is 20.9. The molecule has 0 atom stereocenters. The largest absolute Gasteiger partial charge is 0.374 e. The molecule has 180 valence electrons. The molecule has 6 nitrogen and oxygen atoms in total. The summed E-state index contributed by atoms with van der Waals surface area (Å²) in [5, 5.41) is 2.89. The average molecular weight is 470 g/mol.